The Bertz CT molecular complexity index is 639. The van der Waals surface area contributed by atoms with E-state index in [0.717, 1.165) is 0 Å². The van der Waals surface area contributed by atoms with Gasteiger partial charge >= 0.3 is 11.7 Å². The van der Waals surface area contributed by atoms with E-state index < -0.39 is 47.6 Å². The smallest absolute Gasteiger partial charge is 0.335 e. The van der Waals surface area contributed by atoms with Crippen molar-refractivity contribution in [2.24, 2.45) is 0 Å². The van der Waals surface area contributed by atoms with Gasteiger partial charge in [-0.2, -0.15) is 4.39 Å². The zero-order valence-electron chi connectivity index (χ0n) is 9.89. The Morgan fingerprint density at radius 3 is 2.80 bits per heavy atom. The summed E-state index contributed by atoms with van der Waals surface area (Å²) in [5.41, 5.74) is -2.18. The number of carboxylic acids is 1. The van der Waals surface area contributed by atoms with Crippen molar-refractivity contribution >= 4 is 5.97 Å². The molecule has 0 amide bonds. The number of halogens is 1. The van der Waals surface area contributed by atoms with Crippen LogP contribution in [0.2, 0.25) is 0 Å². The molecule has 1 aromatic heterocycles. The van der Waals surface area contributed by atoms with Gasteiger partial charge < -0.3 is 20.1 Å². The zero-order chi connectivity index (χ0) is 15.0. The second kappa shape index (κ2) is 5.15. The van der Waals surface area contributed by atoms with E-state index in [0.29, 0.717) is 10.8 Å². The number of hydrogen-bond acceptors (Lipinski definition) is 6. The van der Waals surface area contributed by atoms with Crippen LogP contribution in [0.4, 0.5) is 4.39 Å². The van der Waals surface area contributed by atoms with Crippen LogP contribution in [0.25, 0.3) is 0 Å². The number of carboxylic acid groups (broad SMARTS) is 1. The normalized spacial score (nSPS) is 27.4. The van der Waals surface area contributed by atoms with Gasteiger partial charge in [-0.15, -0.1) is 0 Å². The minimum atomic E-state index is -1.99. The fourth-order valence-electron chi connectivity index (χ4n) is 1.95. The summed E-state index contributed by atoms with van der Waals surface area (Å²) in [5.74, 6) is -2.83. The first kappa shape index (κ1) is 14.4. The largest absolute Gasteiger partial charge is 0.479 e. The summed E-state index contributed by atoms with van der Waals surface area (Å²) in [6.45, 7) is 0. The molecule has 0 bridgehead atoms. The van der Waals surface area contributed by atoms with Crippen LogP contribution in [0, 0.1) is 5.82 Å². The van der Waals surface area contributed by atoms with Crippen molar-refractivity contribution in [1.29, 1.82) is 0 Å². The first-order valence-corrected chi connectivity index (χ1v) is 5.56. The van der Waals surface area contributed by atoms with Gasteiger partial charge in [0.2, 0.25) is 5.82 Å². The zero-order valence-corrected chi connectivity index (χ0v) is 9.89. The van der Waals surface area contributed by atoms with Gasteiger partial charge in [-0.05, 0) is 0 Å². The van der Waals surface area contributed by atoms with Gasteiger partial charge in [-0.1, -0.05) is 0 Å². The second-order valence-corrected chi connectivity index (χ2v) is 4.29. The maximum atomic E-state index is 13.1. The van der Waals surface area contributed by atoms with Crippen molar-refractivity contribution in [1.82, 2.24) is 9.55 Å². The molecule has 10 heteroatoms. The maximum Gasteiger partial charge on any atom is 0.335 e. The van der Waals surface area contributed by atoms with Crippen molar-refractivity contribution in [2.75, 3.05) is 0 Å². The van der Waals surface area contributed by atoms with E-state index in [1.807, 2.05) is 0 Å². The van der Waals surface area contributed by atoms with Gasteiger partial charge in [0, 0.05) is 6.42 Å². The molecular formula is C10H11FN2O7. The summed E-state index contributed by atoms with van der Waals surface area (Å²) in [7, 11) is 0. The minimum absolute atomic E-state index is 0.236. The molecule has 9 nitrogen and oxygen atoms in total. The lowest BCUT2D eigenvalue weighted by Crippen LogP contribution is -2.40. The third-order valence-corrected chi connectivity index (χ3v) is 2.94. The molecule has 0 spiro atoms. The lowest BCUT2D eigenvalue weighted by atomic mass is 10.1. The summed E-state index contributed by atoms with van der Waals surface area (Å²) in [4.78, 5) is 34.7. The van der Waals surface area contributed by atoms with E-state index in [4.69, 9.17) is 9.84 Å². The van der Waals surface area contributed by atoms with Crippen LogP contribution in [0.1, 0.15) is 12.6 Å². The molecule has 1 fully saturated rings. The molecule has 0 saturated carbocycles. The number of aromatic amines is 1. The molecule has 2 heterocycles. The Kier molecular flexibility index (Phi) is 3.70. The van der Waals surface area contributed by atoms with Crippen LogP contribution in [-0.2, 0) is 9.53 Å². The Hall–Kier alpha value is -2.04. The quantitative estimate of drug-likeness (QED) is 0.493. The number of ether oxygens (including phenoxy) is 1. The van der Waals surface area contributed by atoms with Gasteiger partial charge in [-0.3, -0.25) is 14.3 Å². The van der Waals surface area contributed by atoms with E-state index in [-0.39, 0.29) is 6.42 Å². The molecule has 0 aliphatic carbocycles. The van der Waals surface area contributed by atoms with E-state index in [9.17, 15) is 29.0 Å². The fraction of sp³-hybridized carbons (Fsp3) is 0.500. The molecule has 4 atom stereocenters. The lowest BCUT2D eigenvalue weighted by molar-refractivity contribution is -0.160. The average Bonchev–Trinajstić information content (AvgIpc) is 2.74. The Morgan fingerprint density at radius 2 is 2.20 bits per heavy atom. The number of carbonyl (C=O) groups is 1. The average molecular weight is 290 g/mol. The van der Waals surface area contributed by atoms with Crippen LogP contribution < -0.4 is 11.2 Å². The number of aliphatic hydroxyl groups is 2. The van der Waals surface area contributed by atoms with Crippen molar-refractivity contribution in [3.8, 4) is 0 Å². The summed E-state index contributed by atoms with van der Waals surface area (Å²) >= 11 is 0. The monoisotopic (exact) mass is 290 g/mol. The molecule has 1 saturated heterocycles. The van der Waals surface area contributed by atoms with Crippen LogP contribution >= 0.6 is 0 Å². The SMILES string of the molecule is O=C(O)C(O)[C@@H]1O[C@H](n2cc(F)c(=O)[nH]c2=O)CC1O. The number of aromatic nitrogens is 2. The van der Waals surface area contributed by atoms with E-state index in [1.165, 1.54) is 0 Å². The van der Waals surface area contributed by atoms with Crippen molar-refractivity contribution in [2.45, 2.75) is 31.0 Å². The molecule has 20 heavy (non-hydrogen) atoms. The van der Waals surface area contributed by atoms with Gasteiger partial charge in [-0.25, -0.2) is 9.59 Å². The highest BCUT2D eigenvalue weighted by Gasteiger charge is 2.42. The highest BCUT2D eigenvalue weighted by molar-refractivity contribution is 5.72. The first-order valence-electron chi connectivity index (χ1n) is 5.56. The number of nitrogens with zero attached hydrogens (tertiary/aromatic N) is 1. The van der Waals surface area contributed by atoms with Crippen LogP contribution in [0.15, 0.2) is 15.8 Å². The first-order chi connectivity index (χ1) is 9.31. The lowest BCUT2D eigenvalue weighted by Gasteiger charge is -2.18. The Balaban J connectivity index is 2.29. The predicted octanol–water partition coefficient (Wildman–Crippen LogP) is -2.23. The summed E-state index contributed by atoms with van der Waals surface area (Å²) in [5, 5.41) is 27.6. The molecule has 0 radical (unpaired) electrons. The predicted molar refractivity (Wildman–Crippen MR) is 59.5 cm³/mol. The fourth-order valence-corrected chi connectivity index (χ4v) is 1.95. The third-order valence-electron chi connectivity index (χ3n) is 2.94. The number of nitrogens with one attached hydrogen (secondary N) is 1. The molecule has 110 valence electrons. The number of aliphatic carboxylic acids is 1. The number of rotatable bonds is 3. The van der Waals surface area contributed by atoms with E-state index in [1.54, 1.807) is 4.98 Å². The Labute approximate surface area is 109 Å². The third kappa shape index (κ3) is 2.48. The number of hydrogen-bond donors (Lipinski definition) is 4. The minimum Gasteiger partial charge on any atom is -0.479 e. The molecule has 2 unspecified atom stereocenters. The molecule has 2 rings (SSSR count). The standard InChI is InChI=1S/C10H11FN2O7/c11-3-2-13(10(19)12-8(3)16)5-1-4(14)7(20-5)6(15)9(17)18/h2,4-7,14-15H,1H2,(H,17,18)(H,12,16,19)/t4?,5-,6?,7+/m0/s1. The van der Waals surface area contributed by atoms with E-state index >= 15 is 0 Å². The second-order valence-electron chi connectivity index (χ2n) is 4.29. The highest BCUT2D eigenvalue weighted by Crippen LogP contribution is 2.29. The van der Waals surface area contributed by atoms with Crippen molar-refractivity contribution < 1.29 is 29.2 Å². The molecule has 1 aliphatic heterocycles. The molecule has 0 aromatic carbocycles. The molecule has 1 aliphatic rings. The summed E-state index contributed by atoms with van der Waals surface area (Å²) in [6.07, 6.45) is -5.64. The number of aliphatic hydroxyl groups excluding tert-OH is 2. The van der Waals surface area contributed by atoms with Crippen LogP contribution in [0.3, 0.4) is 0 Å². The van der Waals surface area contributed by atoms with Crippen LogP contribution in [0.5, 0.6) is 0 Å². The molecular weight excluding hydrogens is 279 g/mol. The van der Waals surface area contributed by atoms with Gasteiger partial charge in [0.25, 0.3) is 5.56 Å². The summed E-state index contributed by atoms with van der Waals surface area (Å²) in [6, 6.07) is 0. The van der Waals surface area contributed by atoms with Crippen LogP contribution in [-0.4, -0.2) is 49.2 Å². The molecule has 4 N–H and O–H groups in total. The van der Waals surface area contributed by atoms with Crippen molar-refractivity contribution in [3.63, 3.8) is 0 Å². The Morgan fingerprint density at radius 1 is 1.55 bits per heavy atom. The topological polar surface area (TPSA) is 142 Å². The van der Waals surface area contributed by atoms with Gasteiger partial charge in [0.15, 0.2) is 6.10 Å². The van der Waals surface area contributed by atoms with Crippen molar-refractivity contribution in [3.05, 3.63) is 32.9 Å². The summed E-state index contributed by atoms with van der Waals surface area (Å²) < 4.78 is 18.9. The van der Waals surface area contributed by atoms with Gasteiger partial charge in [0.1, 0.15) is 12.3 Å². The highest BCUT2D eigenvalue weighted by atomic mass is 19.1. The van der Waals surface area contributed by atoms with E-state index in [2.05, 4.69) is 0 Å². The molecule has 1 aromatic rings. The maximum absolute atomic E-state index is 13.1. The van der Waals surface area contributed by atoms with Gasteiger partial charge in [0.05, 0.1) is 12.3 Å². The number of H-pyrrole nitrogens is 1.